The molecule has 0 radical (unpaired) electrons. The number of anilines is 1. The average molecular weight is 272 g/mol. The molecule has 0 aliphatic heterocycles. The minimum absolute atomic E-state index is 0.119. The number of carbonyl (C=O) groups is 1. The first-order valence-corrected chi connectivity index (χ1v) is 6.45. The van der Waals surface area contributed by atoms with Gasteiger partial charge in [-0.3, -0.25) is 4.79 Å². The first kappa shape index (κ1) is 14.2. The Balaban J connectivity index is 1.78. The second-order valence-corrected chi connectivity index (χ2v) is 4.65. The minimum Gasteiger partial charge on any atom is -0.325 e. The summed E-state index contributed by atoms with van der Waals surface area (Å²) in [6.45, 7) is 2.61. The van der Waals surface area contributed by atoms with Gasteiger partial charge in [0.05, 0.1) is 6.54 Å². The predicted molar refractivity (Wildman–Crippen MR) is 77.9 cm³/mol. The molecule has 2 N–H and O–H groups in total. The highest BCUT2D eigenvalue weighted by Crippen LogP contribution is 2.09. The van der Waals surface area contributed by atoms with E-state index < -0.39 is 0 Å². The Morgan fingerprint density at radius 2 is 1.95 bits per heavy atom. The summed E-state index contributed by atoms with van der Waals surface area (Å²) in [6, 6.07) is 13.9. The molecule has 0 unspecified atom stereocenters. The standard InChI is InChI=1S/C16H17FN2O/c1-12-4-2-7-15(8-12)19-16(20)11-18-10-13-5-3-6-14(17)9-13/h2-9,18H,10-11H2,1H3,(H,19,20). The summed E-state index contributed by atoms with van der Waals surface area (Å²) in [5.74, 6) is -0.388. The minimum atomic E-state index is -0.270. The second kappa shape index (κ2) is 6.82. The summed E-state index contributed by atoms with van der Waals surface area (Å²) < 4.78 is 13.0. The average Bonchev–Trinajstić information content (AvgIpc) is 2.38. The van der Waals surface area contributed by atoms with Crippen LogP contribution in [-0.2, 0) is 11.3 Å². The Morgan fingerprint density at radius 1 is 1.15 bits per heavy atom. The van der Waals surface area contributed by atoms with Gasteiger partial charge in [-0.15, -0.1) is 0 Å². The van der Waals surface area contributed by atoms with Gasteiger partial charge in [-0.1, -0.05) is 24.3 Å². The third kappa shape index (κ3) is 4.48. The molecule has 0 atom stereocenters. The van der Waals surface area contributed by atoms with E-state index in [2.05, 4.69) is 10.6 Å². The lowest BCUT2D eigenvalue weighted by Crippen LogP contribution is -2.27. The van der Waals surface area contributed by atoms with Crippen molar-refractivity contribution in [3.8, 4) is 0 Å². The summed E-state index contributed by atoms with van der Waals surface area (Å²) in [6.07, 6.45) is 0. The number of hydrogen-bond acceptors (Lipinski definition) is 2. The molecular formula is C16H17FN2O. The molecule has 2 aromatic carbocycles. The third-order valence-electron chi connectivity index (χ3n) is 2.81. The van der Waals surface area contributed by atoms with Crippen LogP contribution in [0, 0.1) is 12.7 Å². The second-order valence-electron chi connectivity index (χ2n) is 4.65. The van der Waals surface area contributed by atoms with Crippen LogP contribution < -0.4 is 10.6 Å². The molecule has 20 heavy (non-hydrogen) atoms. The van der Waals surface area contributed by atoms with Gasteiger partial charge in [-0.05, 0) is 42.3 Å². The molecule has 4 heteroatoms. The van der Waals surface area contributed by atoms with Crippen molar-refractivity contribution >= 4 is 11.6 Å². The van der Waals surface area contributed by atoms with Crippen molar-refractivity contribution in [3.05, 3.63) is 65.5 Å². The number of amides is 1. The first-order chi connectivity index (χ1) is 9.63. The fraction of sp³-hybridized carbons (Fsp3) is 0.188. The molecule has 0 spiro atoms. The highest BCUT2D eigenvalue weighted by atomic mass is 19.1. The van der Waals surface area contributed by atoms with Crippen LogP contribution >= 0.6 is 0 Å². The fourth-order valence-corrected chi connectivity index (χ4v) is 1.90. The summed E-state index contributed by atoms with van der Waals surface area (Å²) >= 11 is 0. The molecule has 2 rings (SSSR count). The lowest BCUT2D eigenvalue weighted by Gasteiger charge is -2.07. The van der Waals surface area contributed by atoms with Crippen LogP contribution in [0.15, 0.2) is 48.5 Å². The SMILES string of the molecule is Cc1cccc(NC(=O)CNCc2cccc(F)c2)c1. The van der Waals surface area contributed by atoms with Crippen molar-refractivity contribution in [2.75, 3.05) is 11.9 Å². The first-order valence-electron chi connectivity index (χ1n) is 6.45. The van der Waals surface area contributed by atoms with Crippen LogP contribution in [0.4, 0.5) is 10.1 Å². The van der Waals surface area contributed by atoms with Crippen molar-refractivity contribution in [2.45, 2.75) is 13.5 Å². The van der Waals surface area contributed by atoms with Crippen LogP contribution in [-0.4, -0.2) is 12.5 Å². The Hall–Kier alpha value is -2.20. The fourth-order valence-electron chi connectivity index (χ4n) is 1.90. The van der Waals surface area contributed by atoms with Crippen molar-refractivity contribution in [3.63, 3.8) is 0 Å². The Kier molecular flexibility index (Phi) is 4.85. The molecule has 2 aromatic rings. The van der Waals surface area contributed by atoms with Gasteiger partial charge in [0, 0.05) is 12.2 Å². The number of aryl methyl sites for hydroxylation is 1. The Morgan fingerprint density at radius 3 is 2.70 bits per heavy atom. The van der Waals surface area contributed by atoms with Gasteiger partial charge >= 0.3 is 0 Å². The zero-order chi connectivity index (χ0) is 14.4. The van der Waals surface area contributed by atoms with Gasteiger partial charge < -0.3 is 10.6 Å². The summed E-state index contributed by atoms with van der Waals surface area (Å²) in [4.78, 5) is 11.7. The van der Waals surface area contributed by atoms with Crippen molar-refractivity contribution in [1.29, 1.82) is 0 Å². The van der Waals surface area contributed by atoms with E-state index in [4.69, 9.17) is 0 Å². The van der Waals surface area contributed by atoms with E-state index in [9.17, 15) is 9.18 Å². The molecule has 3 nitrogen and oxygen atoms in total. The summed E-state index contributed by atoms with van der Waals surface area (Å²) in [7, 11) is 0. The van der Waals surface area contributed by atoms with Crippen molar-refractivity contribution < 1.29 is 9.18 Å². The molecule has 0 aliphatic carbocycles. The number of nitrogens with one attached hydrogen (secondary N) is 2. The zero-order valence-electron chi connectivity index (χ0n) is 11.3. The van der Waals surface area contributed by atoms with E-state index in [-0.39, 0.29) is 18.3 Å². The van der Waals surface area contributed by atoms with Gasteiger partial charge in [0.25, 0.3) is 0 Å². The number of rotatable bonds is 5. The maximum Gasteiger partial charge on any atom is 0.238 e. The van der Waals surface area contributed by atoms with Crippen LogP contribution in [0.3, 0.4) is 0 Å². The molecule has 0 aromatic heterocycles. The largest absolute Gasteiger partial charge is 0.325 e. The molecule has 0 heterocycles. The zero-order valence-corrected chi connectivity index (χ0v) is 11.3. The van der Waals surface area contributed by atoms with Gasteiger partial charge in [0.2, 0.25) is 5.91 Å². The topological polar surface area (TPSA) is 41.1 Å². The molecule has 0 saturated carbocycles. The smallest absolute Gasteiger partial charge is 0.238 e. The van der Waals surface area contributed by atoms with Crippen molar-refractivity contribution in [1.82, 2.24) is 5.32 Å². The van der Waals surface area contributed by atoms with E-state index in [1.54, 1.807) is 6.07 Å². The van der Waals surface area contributed by atoms with E-state index >= 15 is 0 Å². The Labute approximate surface area is 117 Å². The lowest BCUT2D eigenvalue weighted by atomic mass is 10.2. The monoisotopic (exact) mass is 272 g/mol. The molecule has 0 fully saturated rings. The molecular weight excluding hydrogens is 255 g/mol. The molecule has 1 amide bonds. The number of benzene rings is 2. The quantitative estimate of drug-likeness (QED) is 0.878. The normalized spacial score (nSPS) is 10.3. The van der Waals surface area contributed by atoms with E-state index in [1.807, 2.05) is 37.3 Å². The number of halogens is 1. The van der Waals surface area contributed by atoms with E-state index in [0.29, 0.717) is 6.54 Å². The lowest BCUT2D eigenvalue weighted by molar-refractivity contribution is -0.115. The van der Waals surface area contributed by atoms with Crippen LogP contribution in [0.25, 0.3) is 0 Å². The van der Waals surface area contributed by atoms with E-state index in [1.165, 1.54) is 12.1 Å². The van der Waals surface area contributed by atoms with Gasteiger partial charge in [-0.2, -0.15) is 0 Å². The molecule has 0 aliphatic rings. The number of hydrogen-bond donors (Lipinski definition) is 2. The highest BCUT2D eigenvalue weighted by molar-refractivity contribution is 5.92. The molecule has 104 valence electrons. The maximum absolute atomic E-state index is 13.0. The summed E-state index contributed by atoms with van der Waals surface area (Å²) in [5, 5.41) is 5.79. The van der Waals surface area contributed by atoms with Crippen LogP contribution in [0.2, 0.25) is 0 Å². The van der Waals surface area contributed by atoms with Crippen LogP contribution in [0.5, 0.6) is 0 Å². The van der Waals surface area contributed by atoms with Gasteiger partial charge in [0.15, 0.2) is 0 Å². The van der Waals surface area contributed by atoms with Gasteiger partial charge in [-0.25, -0.2) is 4.39 Å². The number of carbonyl (C=O) groups excluding carboxylic acids is 1. The summed E-state index contributed by atoms with van der Waals surface area (Å²) in [5.41, 5.74) is 2.69. The predicted octanol–water partition coefficient (Wildman–Crippen LogP) is 2.86. The highest BCUT2D eigenvalue weighted by Gasteiger charge is 2.02. The molecule has 0 bridgehead atoms. The van der Waals surface area contributed by atoms with E-state index in [0.717, 1.165) is 16.8 Å². The third-order valence-corrected chi connectivity index (χ3v) is 2.81. The maximum atomic E-state index is 13.0. The Bertz CT molecular complexity index is 599. The molecule has 0 saturated heterocycles. The van der Waals surface area contributed by atoms with Gasteiger partial charge in [0.1, 0.15) is 5.82 Å². The van der Waals surface area contributed by atoms with Crippen LogP contribution in [0.1, 0.15) is 11.1 Å². The van der Waals surface area contributed by atoms with Crippen molar-refractivity contribution in [2.24, 2.45) is 0 Å².